The zero-order chi connectivity index (χ0) is 19.2. The average molecular weight is 366 g/mol. The Balaban J connectivity index is 1.75. The number of aryl methyl sites for hydroxylation is 1. The molecule has 1 aliphatic carbocycles. The van der Waals surface area contributed by atoms with Crippen molar-refractivity contribution in [3.63, 3.8) is 0 Å². The van der Waals surface area contributed by atoms with Gasteiger partial charge in [0.2, 0.25) is 5.88 Å². The van der Waals surface area contributed by atoms with Gasteiger partial charge in [-0.1, -0.05) is 31.4 Å². The Hall–Kier alpha value is -2.63. The summed E-state index contributed by atoms with van der Waals surface area (Å²) in [6.07, 6.45) is 6.04. The highest BCUT2D eigenvalue weighted by Gasteiger charge is 2.36. The van der Waals surface area contributed by atoms with Crippen molar-refractivity contribution >= 4 is 17.2 Å². The molecule has 1 aliphatic heterocycles. The maximum Gasteiger partial charge on any atom is 0.246 e. The summed E-state index contributed by atoms with van der Waals surface area (Å²) in [5.41, 5.74) is 8.35. The van der Waals surface area contributed by atoms with Crippen LogP contribution in [0.4, 0.5) is 11.5 Å². The highest BCUT2D eigenvalue weighted by atomic mass is 16.5. The molecule has 142 valence electrons. The third-order valence-electron chi connectivity index (χ3n) is 5.49. The molecule has 3 N–H and O–H groups in total. The summed E-state index contributed by atoms with van der Waals surface area (Å²) in [5, 5.41) is 10.7. The molecule has 6 heteroatoms. The summed E-state index contributed by atoms with van der Waals surface area (Å²) >= 11 is 0. The van der Waals surface area contributed by atoms with E-state index in [1.165, 1.54) is 19.3 Å². The normalized spacial score (nSPS) is 19.1. The number of aliphatic imine (C=N–C) groups is 1. The first-order valence-electron chi connectivity index (χ1n) is 9.61. The van der Waals surface area contributed by atoms with Gasteiger partial charge in [-0.05, 0) is 51.2 Å². The van der Waals surface area contributed by atoms with Gasteiger partial charge in [-0.2, -0.15) is 4.98 Å². The van der Waals surface area contributed by atoms with Crippen LogP contribution in [0.15, 0.2) is 23.2 Å². The van der Waals surface area contributed by atoms with Gasteiger partial charge in [0, 0.05) is 5.56 Å². The molecule has 27 heavy (non-hydrogen) atoms. The van der Waals surface area contributed by atoms with E-state index in [1.807, 2.05) is 26.0 Å². The summed E-state index contributed by atoms with van der Waals surface area (Å²) < 4.78 is 6.09. The second-order valence-corrected chi connectivity index (χ2v) is 7.99. The van der Waals surface area contributed by atoms with Gasteiger partial charge in [0.15, 0.2) is 11.5 Å². The van der Waals surface area contributed by atoms with E-state index in [0.29, 0.717) is 40.6 Å². The van der Waals surface area contributed by atoms with E-state index in [1.54, 1.807) is 13.0 Å². The van der Waals surface area contributed by atoms with Crippen LogP contribution < -0.4 is 10.5 Å². The standard InChI is InChI=1S/C21H26N4O2/c1-12-23-19(22)17-20(24-12)27-21(2,3)18(25-17)14-9-10-15(16(26)11-14)13-7-5-4-6-8-13/h9-11,13,26H,4-8H2,1-3H3,(H2,22,23,24). The number of nitrogens with zero attached hydrogens (tertiary/aromatic N) is 3. The highest BCUT2D eigenvalue weighted by molar-refractivity contribution is 6.09. The van der Waals surface area contributed by atoms with Crippen LogP contribution >= 0.6 is 0 Å². The molecule has 0 saturated heterocycles. The number of anilines is 1. The van der Waals surface area contributed by atoms with E-state index < -0.39 is 5.60 Å². The molecule has 1 aromatic heterocycles. The Morgan fingerprint density at radius 1 is 1.15 bits per heavy atom. The lowest BCUT2D eigenvalue weighted by Crippen LogP contribution is -2.41. The SMILES string of the molecule is Cc1nc(N)c2c(n1)OC(C)(C)C(c1ccc(C3CCCCC3)c(O)c1)=N2. The zero-order valence-electron chi connectivity index (χ0n) is 16.1. The van der Waals surface area contributed by atoms with Crippen LogP contribution in [0.1, 0.15) is 68.8 Å². The first-order chi connectivity index (χ1) is 12.8. The number of rotatable bonds is 2. The number of fused-ring (bicyclic) bond motifs is 1. The van der Waals surface area contributed by atoms with Crippen molar-refractivity contribution in [3.8, 4) is 11.6 Å². The van der Waals surface area contributed by atoms with Crippen LogP contribution in [0.5, 0.6) is 11.6 Å². The van der Waals surface area contributed by atoms with E-state index >= 15 is 0 Å². The van der Waals surface area contributed by atoms with Crippen LogP contribution in [0.3, 0.4) is 0 Å². The van der Waals surface area contributed by atoms with Crippen LogP contribution in [-0.4, -0.2) is 26.4 Å². The molecular formula is C21H26N4O2. The molecule has 1 fully saturated rings. The lowest BCUT2D eigenvalue weighted by molar-refractivity contribution is 0.171. The second-order valence-electron chi connectivity index (χ2n) is 7.99. The number of aromatic nitrogens is 2. The summed E-state index contributed by atoms with van der Waals surface area (Å²) in [5.74, 6) is 2.02. The summed E-state index contributed by atoms with van der Waals surface area (Å²) in [6.45, 7) is 5.65. The number of nitrogens with two attached hydrogens (primary N) is 1. The Morgan fingerprint density at radius 3 is 2.59 bits per heavy atom. The van der Waals surface area contributed by atoms with Gasteiger partial charge in [-0.3, -0.25) is 0 Å². The first kappa shape index (κ1) is 17.8. The number of hydrogen-bond acceptors (Lipinski definition) is 6. The monoisotopic (exact) mass is 366 g/mol. The summed E-state index contributed by atoms with van der Waals surface area (Å²) in [7, 11) is 0. The lowest BCUT2D eigenvalue weighted by atomic mass is 9.82. The van der Waals surface area contributed by atoms with E-state index in [-0.39, 0.29) is 0 Å². The first-order valence-corrected chi connectivity index (χ1v) is 9.61. The predicted molar refractivity (Wildman–Crippen MR) is 106 cm³/mol. The topological polar surface area (TPSA) is 93.6 Å². The molecule has 0 amide bonds. The maximum atomic E-state index is 10.7. The lowest BCUT2D eigenvalue weighted by Gasteiger charge is -2.32. The van der Waals surface area contributed by atoms with Crippen molar-refractivity contribution in [2.45, 2.75) is 64.4 Å². The quantitative estimate of drug-likeness (QED) is 0.821. The molecule has 1 aromatic carbocycles. The van der Waals surface area contributed by atoms with Gasteiger partial charge in [-0.15, -0.1) is 0 Å². The number of benzene rings is 1. The summed E-state index contributed by atoms with van der Waals surface area (Å²) in [6, 6.07) is 5.84. The number of nitrogen functional groups attached to an aromatic ring is 1. The minimum absolute atomic E-state index is 0.300. The fourth-order valence-electron chi connectivity index (χ4n) is 4.14. The van der Waals surface area contributed by atoms with Gasteiger partial charge in [0.05, 0.1) is 5.71 Å². The molecule has 6 nitrogen and oxygen atoms in total. The number of phenolic OH excluding ortho intramolecular Hbond substituents is 1. The van der Waals surface area contributed by atoms with Crippen molar-refractivity contribution in [1.82, 2.24) is 9.97 Å². The van der Waals surface area contributed by atoms with Crippen molar-refractivity contribution in [1.29, 1.82) is 0 Å². The molecule has 0 atom stereocenters. The van der Waals surface area contributed by atoms with E-state index in [4.69, 9.17) is 15.5 Å². The smallest absolute Gasteiger partial charge is 0.246 e. The third-order valence-corrected chi connectivity index (χ3v) is 5.49. The minimum Gasteiger partial charge on any atom is -0.508 e. The van der Waals surface area contributed by atoms with Gasteiger partial charge in [0.25, 0.3) is 0 Å². The van der Waals surface area contributed by atoms with Gasteiger partial charge in [-0.25, -0.2) is 9.98 Å². The molecule has 0 bridgehead atoms. The Bertz CT molecular complexity index is 915. The summed E-state index contributed by atoms with van der Waals surface area (Å²) in [4.78, 5) is 13.2. The van der Waals surface area contributed by atoms with Crippen LogP contribution in [0.25, 0.3) is 0 Å². The Kier molecular flexibility index (Phi) is 4.29. The second kappa shape index (κ2) is 6.51. The molecule has 0 spiro atoms. The number of aromatic hydroxyl groups is 1. The molecule has 2 aromatic rings. The van der Waals surface area contributed by atoms with Crippen molar-refractivity contribution in [3.05, 3.63) is 35.2 Å². The van der Waals surface area contributed by atoms with Crippen LogP contribution in [0.2, 0.25) is 0 Å². The Morgan fingerprint density at radius 2 is 1.89 bits per heavy atom. The number of ether oxygens (including phenoxy) is 1. The number of hydrogen-bond donors (Lipinski definition) is 2. The fraction of sp³-hybridized carbons (Fsp3) is 0.476. The molecule has 0 unspecified atom stereocenters. The molecular weight excluding hydrogens is 340 g/mol. The fourth-order valence-corrected chi connectivity index (χ4v) is 4.14. The van der Waals surface area contributed by atoms with E-state index in [9.17, 15) is 5.11 Å². The van der Waals surface area contributed by atoms with E-state index in [0.717, 1.165) is 24.0 Å². The number of phenols is 1. The molecule has 2 aliphatic rings. The largest absolute Gasteiger partial charge is 0.508 e. The Labute approximate surface area is 159 Å². The van der Waals surface area contributed by atoms with E-state index in [2.05, 4.69) is 9.97 Å². The van der Waals surface area contributed by atoms with Crippen molar-refractivity contribution in [2.24, 2.45) is 4.99 Å². The molecule has 4 rings (SSSR count). The maximum absolute atomic E-state index is 10.7. The zero-order valence-corrected chi connectivity index (χ0v) is 16.1. The van der Waals surface area contributed by atoms with Gasteiger partial charge in [0.1, 0.15) is 17.2 Å². The van der Waals surface area contributed by atoms with Gasteiger partial charge >= 0.3 is 0 Å². The minimum atomic E-state index is -0.695. The van der Waals surface area contributed by atoms with Gasteiger partial charge < -0.3 is 15.6 Å². The molecule has 0 radical (unpaired) electrons. The predicted octanol–water partition coefficient (Wildman–Crippen LogP) is 4.41. The van der Waals surface area contributed by atoms with Crippen molar-refractivity contribution < 1.29 is 9.84 Å². The molecule has 1 saturated carbocycles. The average Bonchev–Trinajstić information content (AvgIpc) is 2.61. The third kappa shape index (κ3) is 3.24. The molecule has 2 heterocycles. The highest BCUT2D eigenvalue weighted by Crippen LogP contribution is 2.41. The van der Waals surface area contributed by atoms with Crippen LogP contribution in [-0.2, 0) is 0 Å². The van der Waals surface area contributed by atoms with Crippen LogP contribution in [0, 0.1) is 6.92 Å². The van der Waals surface area contributed by atoms with Crippen molar-refractivity contribution in [2.75, 3.05) is 5.73 Å².